The van der Waals surface area contributed by atoms with E-state index >= 15 is 0 Å². The average molecular weight is 297 g/mol. The van der Waals surface area contributed by atoms with Crippen LogP contribution in [-0.4, -0.2) is 46.7 Å². The maximum Gasteiger partial charge on any atom is 0.326 e. The van der Waals surface area contributed by atoms with Gasteiger partial charge in [-0.15, -0.1) is 0 Å². The van der Waals surface area contributed by atoms with Gasteiger partial charge in [0, 0.05) is 18.9 Å². The molecule has 0 aliphatic carbocycles. The van der Waals surface area contributed by atoms with Crippen molar-refractivity contribution >= 4 is 23.8 Å². The molecule has 20 heavy (non-hydrogen) atoms. The number of carboxylic acids is 1. The molecule has 7 heteroatoms. The van der Waals surface area contributed by atoms with Crippen molar-refractivity contribution in [2.24, 2.45) is 0 Å². The molecule has 3 N–H and O–H groups in total. The highest BCUT2D eigenvalue weighted by Gasteiger charge is 2.18. The molecule has 1 heterocycles. The van der Waals surface area contributed by atoms with Gasteiger partial charge in [0.25, 0.3) is 0 Å². The normalized spacial score (nSPS) is 11.7. The number of amides is 2. The lowest BCUT2D eigenvalue weighted by Gasteiger charge is -2.14. The van der Waals surface area contributed by atoms with Gasteiger partial charge in [0.15, 0.2) is 0 Å². The monoisotopic (exact) mass is 297 g/mol. The van der Waals surface area contributed by atoms with E-state index in [9.17, 15) is 9.59 Å². The molecule has 0 radical (unpaired) electrons. The Morgan fingerprint density at radius 2 is 2.10 bits per heavy atom. The van der Waals surface area contributed by atoms with Crippen LogP contribution in [0.25, 0.3) is 0 Å². The van der Waals surface area contributed by atoms with Gasteiger partial charge in [-0.25, -0.2) is 9.59 Å². The van der Waals surface area contributed by atoms with Crippen molar-refractivity contribution in [2.45, 2.75) is 18.9 Å². The van der Waals surface area contributed by atoms with E-state index in [1.54, 1.807) is 24.2 Å². The number of aliphatic carboxylic acids is 1. The lowest BCUT2D eigenvalue weighted by molar-refractivity contribution is -0.139. The van der Waals surface area contributed by atoms with E-state index in [2.05, 4.69) is 15.6 Å². The summed E-state index contributed by atoms with van der Waals surface area (Å²) in [5, 5.41) is 14.1. The van der Waals surface area contributed by atoms with Crippen LogP contribution in [0, 0.1) is 0 Å². The number of pyridine rings is 1. The SMILES string of the molecule is CSCC[C@H](NC(=O)NCCc1ccncc1)C(=O)O. The Bertz CT molecular complexity index is 428. The zero-order valence-corrected chi connectivity index (χ0v) is 12.2. The molecule has 110 valence electrons. The van der Waals surface area contributed by atoms with Gasteiger partial charge in [-0.3, -0.25) is 4.98 Å². The van der Waals surface area contributed by atoms with Crippen molar-refractivity contribution < 1.29 is 14.7 Å². The second-order valence-corrected chi connectivity index (χ2v) is 5.16. The third-order valence-electron chi connectivity index (χ3n) is 2.66. The van der Waals surface area contributed by atoms with Gasteiger partial charge in [-0.2, -0.15) is 11.8 Å². The minimum Gasteiger partial charge on any atom is -0.480 e. The molecule has 2 amide bonds. The van der Waals surface area contributed by atoms with E-state index < -0.39 is 18.0 Å². The van der Waals surface area contributed by atoms with Gasteiger partial charge < -0.3 is 15.7 Å². The minimum absolute atomic E-state index is 0.411. The van der Waals surface area contributed by atoms with Crippen LogP contribution >= 0.6 is 11.8 Å². The van der Waals surface area contributed by atoms with Crippen LogP contribution < -0.4 is 10.6 Å². The Morgan fingerprint density at radius 1 is 1.40 bits per heavy atom. The number of hydrogen-bond donors (Lipinski definition) is 3. The summed E-state index contributed by atoms with van der Waals surface area (Å²) < 4.78 is 0. The van der Waals surface area contributed by atoms with Gasteiger partial charge in [-0.1, -0.05) is 0 Å². The number of thioether (sulfide) groups is 1. The molecule has 0 unspecified atom stereocenters. The topological polar surface area (TPSA) is 91.3 Å². The number of urea groups is 1. The summed E-state index contributed by atoms with van der Waals surface area (Å²) in [6.07, 6.45) is 6.37. The van der Waals surface area contributed by atoms with Crippen molar-refractivity contribution in [1.29, 1.82) is 0 Å². The summed E-state index contributed by atoms with van der Waals surface area (Å²) in [7, 11) is 0. The fourth-order valence-electron chi connectivity index (χ4n) is 1.57. The summed E-state index contributed by atoms with van der Waals surface area (Å²) in [5.41, 5.74) is 1.07. The molecule has 0 aliphatic rings. The van der Waals surface area contributed by atoms with Gasteiger partial charge in [0.05, 0.1) is 0 Å². The number of carbonyl (C=O) groups excluding carboxylic acids is 1. The van der Waals surface area contributed by atoms with E-state index in [-0.39, 0.29) is 0 Å². The van der Waals surface area contributed by atoms with E-state index in [1.165, 1.54) is 0 Å². The van der Waals surface area contributed by atoms with E-state index in [4.69, 9.17) is 5.11 Å². The molecule has 0 aromatic carbocycles. The van der Waals surface area contributed by atoms with Crippen LogP contribution in [-0.2, 0) is 11.2 Å². The van der Waals surface area contributed by atoms with Crippen LogP contribution in [0.1, 0.15) is 12.0 Å². The molecule has 0 fully saturated rings. The third-order valence-corrected chi connectivity index (χ3v) is 3.31. The van der Waals surface area contributed by atoms with Gasteiger partial charge >= 0.3 is 12.0 Å². The zero-order valence-electron chi connectivity index (χ0n) is 11.3. The largest absolute Gasteiger partial charge is 0.480 e. The molecule has 6 nitrogen and oxygen atoms in total. The molecule has 0 bridgehead atoms. The Labute approximate surface area is 122 Å². The van der Waals surface area contributed by atoms with Crippen LogP contribution in [0.2, 0.25) is 0 Å². The van der Waals surface area contributed by atoms with Crippen molar-refractivity contribution in [1.82, 2.24) is 15.6 Å². The lowest BCUT2D eigenvalue weighted by Crippen LogP contribution is -2.46. The van der Waals surface area contributed by atoms with Crippen molar-refractivity contribution in [3.63, 3.8) is 0 Å². The Kier molecular flexibility index (Phi) is 7.49. The number of rotatable bonds is 8. The van der Waals surface area contributed by atoms with Crippen LogP contribution in [0.3, 0.4) is 0 Å². The number of carbonyl (C=O) groups is 2. The molecule has 0 saturated heterocycles. The van der Waals surface area contributed by atoms with Crippen molar-refractivity contribution in [2.75, 3.05) is 18.6 Å². The first-order valence-corrected chi connectivity index (χ1v) is 7.68. The summed E-state index contributed by atoms with van der Waals surface area (Å²) in [5.74, 6) is -0.322. The second kappa shape index (κ2) is 9.19. The Balaban J connectivity index is 2.29. The van der Waals surface area contributed by atoms with Crippen molar-refractivity contribution in [3.8, 4) is 0 Å². The average Bonchev–Trinajstić information content (AvgIpc) is 2.44. The molecule has 0 saturated carbocycles. The molecular weight excluding hydrogens is 278 g/mol. The first-order valence-electron chi connectivity index (χ1n) is 6.28. The zero-order chi connectivity index (χ0) is 14.8. The van der Waals surface area contributed by atoms with E-state index in [1.807, 2.05) is 18.4 Å². The van der Waals surface area contributed by atoms with E-state index in [0.29, 0.717) is 25.1 Å². The summed E-state index contributed by atoms with van der Waals surface area (Å²) in [4.78, 5) is 26.5. The molecule has 1 aromatic rings. The Hall–Kier alpha value is -1.76. The summed E-state index contributed by atoms with van der Waals surface area (Å²) >= 11 is 1.55. The lowest BCUT2D eigenvalue weighted by atomic mass is 10.2. The van der Waals surface area contributed by atoms with Gasteiger partial charge in [0.1, 0.15) is 6.04 Å². The minimum atomic E-state index is -1.01. The molecule has 0 aliphatic heterocycles. The van der Waals surface area contributed by atoms with Gasteiger partial charge in [0.2, 0.25) is 0 Å². The van der Waals surface area contributed by atoms with E-state index in [0.717, 1.165) is 5.56 Å². The predicted octanol–water partition coefficient (Wildman–Crippen LogP) is 1.13. The number of aromatic nitrogens is 1. The fourth-order valence-corrected chi connectivity index (χ4v) is 2.04. The Morgan fingerprint density at radius 3 is 2.70 bits per heavy atom. The standard InChI is InChI=1S/C13H19N3O3S/c1-20-9-5-11(12(17)18)16-13(19)15-8-4-10-2-6-14-7-3-10/h2-3,6-7,11H,4-5,8-9H2,1H3,(H,17,18)(H2,15,16,19)/t11-/m0/s1. The van der Waals surface area contributed by atoms with Crippen LogP contribution in [0.4, 0.5) is 4.79 Å². The number of carboxylic acid groups (broad SMARTS) is 1. The molecule has 0 spiro atoms. The molecule has 1 rings (SSSR count). The first kappa shape index (κ1) is 16.3. The maximum atomic E-state index is 11.6. The summed E-state index contributed by atoms with van der Waals surface area (Å²) in [6, 6.07) is 2.45. The molecule has 1 aromatic heterocycles. The molecular formula is C13H19N3O3S. The molecule has 1 atom stereocenters. The number of nitrogens with one attached hydrogen (secondary N) is 2. The van der Waals surface area contributed by atoms with Crippen LogP contribution in [0.5, 0.6) is 0 Å². The predicted molar refractivity (Wildman–Crippen MR) is 78.9 cm³/mol. The first-order chi connectivity index (χ1) is 9.63. The second-order valence-electron chi connectivity index (χ2n) is 4.18. The number of nitrogens with zero attached hydrogens (tertiary/aromatic N) is 1. The maximum absolute atomic E-state index is 11.6. The fraction of sp³-hybridized carbons (Fsp3) is 0.462. The highest BCUT2D eigenvalue weighted by atomic mass is 32.2. The smallest absolute Gasteiger partial charge is 0.326 e. The van der Waals surface area contributed by atoms with Crippen molar-refractivity contribution in [3.05, 3.63) is 30.1 Å². The van der Waals surface area contributed by atoms with Crippen LogP contribution in [0.15, 0.2) is 24.5 Å². The highest BCUT2D eigenvalue weighted by molar-refractivity contribution is 7.98. The third kappa shape index (κ3) is 6.42. The quantitative estimate of drug-likeness (QED) is 0.669. The summed E-state index contributed by atoms with van der Waals surface area (Å²) in [6.45, 7) is 0.449. The highest BCUT2D eigenvalue weighted by Crippen LogP contribution is 2.01. The number of hydrogen-bond acceptors (Lipinski definition) is 4. The van der Waals surface area contributed by atoms with Gasteiger partial charge in [-0.05, 0) is 42.5 Å².